The van der Waals surface area contributed by atoms with Gasteiger partial charge in [-0.2, -0.15) is 5.10 Å². The zero-order valence-corrected chi connectivity index (χ0v) is 12.2. The molecule has 0 fully saturated rings. The van der Waals surface area contributed by atoms with Gasteiger partial charge in [0, 0.05) is 5.56 Å². The fraction of sp³-hybridized carbons (Fsp3) is 0.235. The maximum Gasteiger partial charge on any atom is 0.161 e. The van der Waals surface area contributed by atoms with Crippen LogP contribution in [-0.2, 0) is 6.42 Å². The smallest absolute Gasteiger partial charge is 0.161 e. The molecule has 0 atom stereocenters. The van der Waals surface area contributed by atoms with Crippen LogP contribution in [0.1, 0.15) is 17.5 Å². The van der Waals surface area contributed by atoms with Gasteiger partial charge < -0.3 is 9.47 Å². The van der Waals surface area contributed by atoms with Crippen LogP contribution in [0.15, 0.2) is 47.6 Å². The van der Waals surface area contributed by atoms with Crippen LogP contribution in [-0.4, -0.2) is 19.9 Å². The van der Waals surface area contributed by atoms with Crippen molar-refractivity contribution in [2.24, 2.45) is 5.10 Å². The average molecular weight is 282 g/mol. The Hall–Kier alpha value is -2.49. The summed E-state index contributed by atoms with van der Waals surface area (Å²) in [7, 11) is 3.31. The Morgan fingerprint density at radius 2 is 1.67 bits per heavy atom. The summed E-state index contributed by atoms with van der Waals surface area (Å²) in [4.78, 5) is 0. The van der Waals surface area contributed by atoms with E-state index in [1.54, 1.807) is 14.2 Å². The third-order valence-electron chi connectivity index (χ3n) is 3.65. The third-order valence-corrected chi connectivity index (χ3v) is 3.65. The van der Waals surface area contributed by atoms with E-state index < -0.39 is 0 Å². The van der Waals surface area contributed by atoms with Gasteiger partial charge in [0.2, 0.25) is 0 Å². The molecule has 21 heavy (non-hydrogen) atoms. The SMILES string of the molecule is COc1cc2c(cc1OC)/C(=N/Nc1ccccc1)CC2. The van der Waals surface area contributed by atoms with Crippen LogP contribution in [0.3, 0.4) is 0 Å². The molecule has 0 amide bonds. The summed E-state index contributed by atoms with van der Waals surface area (Å²) < 4.78 is 10.7. The number of ether oxygens (including phenoxy) is 2. The number of methoxy groups -OCH3 is 2. The van der Waals surface area contributed by atoms with Crippen LogP contribution < -0.4 is 14.9 Å². The van der Waals surface area contributed by atoms with E-state index in [1.165, 1.54) is 5.56 Å². The maximum atomic E-state index is 5.37. The van der Waals surface area contributed by atoms with Crippen LogP contribution in [0.4, 0.5) is 5.69 Å². The van der Waals surface area contributed by atoms with E-state index in [-0.39, 0.29) is 0 Å². The predicted molar refractivity (Wildman–Crippen MR) is 84.5 cm³/mol. The number of hydrogen-bond acceptors (Lipinski definition) is 4. The minimum Gasteiger partial charge on any atom is -0.493 e. The van der Waals surface area contributed by atoms with Crippen molar-refractivity contribution in [3.05, 3.63) is 53.6 Å². The van der Waals surface area contributed by atoms with Gasteiger partial charge in [0.25, 0.3) is 0 Å². The normalized spacial score (nSPS) is 14.9. The molecule has 108 valence electrons. The molecule has 0 heterocycles. The van der Waals surface area contributed by atoms with Crippen molar-refractivity contribution in [1.82, 2.24) is 0 Å². The summed E-state index contributed by atoms with van der Waals surface area (Å²) in [6.45, 7) is 0. The molecule has 4 heteroatoms. The van der Waals surface area contributed by atoms with Crippen LogP contribution >= 0.6 is 0 Å². The van der Waals surface area contributed by atoms with Crippen LogP contribution in [0.2, 0.25) is 0 Å². The molecule has 1 aliphatic rings. The molecule has 0 aromatic heterocycles. The van der Waals surface area contributed by atoms with Gasteiger partial charge in [-0.1, -0.05) is 18.2 Å². The van der Waals surface area contributed by atoms with Crippen LogP contribution in [0.25, 0.3) is 0 Å². The Morgan fingerprint density at radius 3 is 2.38 bits per heavy atom. The Bertz CT molecular complexity index is 666. The van der Waals surface area contributed by atoms with Crippen LogP contribution in [0, 0.1) is 0 Å². The largest absolute Gasteiger partial charge is 0.493 e. The fourth-order valence-corrected chi connectivity index (χ4v) is 2.55. The molecular formula is C17H18N2O2. The average Bonchev–Trinajstić information content (AvgIpc) is 2.94. The van der Waals surface area contributed by atoms with Gasteiger partial charge in [-0.05, 0) is 42.7 Å². The van der Waals surface area contributed by atoms with E-state index in [0.29, 0.717) is 0 Å². The Labute approximate surface area is 124 Å². The van der Waals surface area contributed by atoms with Gasteiger partial charge in [-0.3, -0.25) is 5.43 Å². The van der Waals surface area contributed by atoms with Gasteiger partial charge in [0.05, 0.1) is 25.6 Å². The molecular weight excluding hydrogens is 264 g/mol. The Balaban J connectivity index is 1.89. The highest BCUT2D eigenvalue weighted by Crippen LogP contribution is 2.35. The molecule has 0 saturated carbocycles. The van der Waals surface area contributed by atoms with Gasteiger partial charge >= 0.3 is 0 Å². The van der Waals surface area contributed by atoms with E-state index in [9.17, 15) is 0 Å². The quantitative estimate of drug-likeness (QED) is 0.873. The zero-order chi connectivity index (χ0) is 14.7. The van der Waals surface area contributed by atoms with E-state index in [4.69, 9.17) is 9.47 Å². The summed E-state index contributed by atoms with van der Waals surface area (Å²) in [5.41, 5.74) is 7.53. The molecule has 2 aromatic rings. The van der Waals surface area contributed by atoms with Gasteiger partial charge in [0.1, 0.15) is 0 Å². The van der Waals surface area contributed by atoms with Crippen molar-refractivity contribution < 1.29 is 9.47 Å². The topological polar surface area (TPSA) is 42.9 Å². The Morgan fingerprint density at radius 1 is 0.952 bits per heavy atom. The summed E-state index contributed by atoms with van der Waals surface area (Å²) in [6, 6.07) is 14.0. The number of fused-ring (bicyclic) bond motifs is 1. The molecule has 0 saturated heterocycles. The lowest BCUT2D eigenvalue weighted by atomic mass is 10.1. The minimum atomic E-state index is 0.741. The lowest BCUT2D eigenvalue weighted by Gasteiger charge is -2.10. The minimum absolute atomic E-state index is 0.741. The van der Waals surface area contributed by atoms with E-state index >= 15 is 0 Å². The number of para-hydroxylation sites is 1. The molecule has 0 aliphatic heterocycles. The van der Waals surface area contributed by atoms with E-state index in [0.717, 1.165) is 41.3 Å². The number of rotatable bonds is 4. The maximum absolute atomic E-state index is 5.37. The fourth-order valence-electron chi connectivity index (χ4n) is 2.55. The second-order valence-corrected chi connectivity index (χ2v) is 4.90. The molecule has 0 unspecified atom stereocenters. The Kier molecular flexibility index (Phi) is 3.77. The molecule has 2 aromatic carbocycles. The van der Waals surface area contributed by atoms with E-state index in [2.05, 4.69) is 10.5 Å². The monoisotopic (exact) mass is 282 g/mol. The summed E-state index contributed by atoms with van der Waals surface area (Å²) >= 11 is 0. The van der Waals surface area contributed by atoms with Crippen molar-refractivity contribution in [1.29, 1.82) is 0 Å². The van der Waals surface area contributed by atoms with Gasteiger partial charge in [-0.25, -0.2) is 0 Å². The number of hydrazone groups is 1. The molecule has 0 radical (unpaired) electrons. The predicted octanol–water partition coefficient (Wildman–Crippen LogP) is 3.47. The second-order valence-electron chi connectivity index (χ2n) is 4.90. The number of aryl methyl sites for hydroxylation is 1. The van der Waals surface area contributed by atoms with Gasteiger partial charge in [-0.15, -0.1) is 0 Å². The molecule has 4 nitrogen and oxygen atoms in total. The highest BCUT2D eigenvalue weighted by atomic mass is 16.5. The first-order valence-electron chi connectivity index (χ1n) is 6.94. The number of anilines is 1. The van der Waals surface area contributed by atoms with E-state index in [1.807, 2.05) is 42.5 Å². The van der Waals surface area contributed by atoms with Crippen molar-refractivity contribution in [2.45, 2.75) is 12.8 Å². The summed E-state index contributed by atoms with van der Waals surface area (Å²) in [6.07, 6.45) is 1.90. The number of nitrogens with one attached hydrogen (secondary N) is 1. The zero-order valence-electron chi connectivity index (χ0n) is 12.2. The number of hydrogen-bond donors (Lipinski definition) is 1. The highest BCUT2D eigenvalue weighted by Gasteiger charge is 2.21. The number of nitrogens with zero attached hydrogens (tertiary/aromatic N) is 1. The van der Waals surface area contributed by atoms with Crippen molar-refractivity contribution in [3.63, 3.8) is 0 Å². The molecule has 0 spiro atoms. The van der Waals surface area contributed by atoms with Crippen molar-refractivity contribution in [3.8, 4) is 11.5 Å². The second kappa shape index (κ2) is 5.87. The third kappa shape index (κ3) is 2.70. The highest BCUT2D eigenvalue weighted by molar-refractivity contribution is 6.05. The molecule has 1 N–H and O–H groups in total. The summed E-state index contributed by atoms with van der Waals surface area (Å²) in [5, 5.41) is 4.54. The molecule has 3 rings (SSSR count). The first-order chi connectivity index (χ1) is 10.3. The molecule has 1 aliphatic carbocycles. The first kappa shape index (κ1) is 13.5. The number of benzene rings is 2. The summed E-state index contributed by atoms with van der Waals surface area (Å²) in [5.74, 6) is 1.51. The van der Waals surface area contributed by atoms with Crippen molar-refractivity contribution in [2.75, 3.05) is 19.6 Å². The first-order valence-corrected chi connectivity index (χ1v) is 6.94. The molecule has 0 bridgehead atoms. The van der Waals surface area contributed by atoms with Gasteiger partial charge in [0.15, 0.2) is 11.5 Å². The standard InChI is InChI=1S/C17H18N2O2/c1-20-16-10-12-8-9-15(14(12)11-17(16)21-2)19-18-13-6-4-3-5-7-13/h3-7,10-11,18H,8-9H2,1-2H3/b19-15+. The lowest BCUT2D eigenvalue weighted by Crippen LogP contribution is -2.01. The lowest BCUT2D eigenvalue weighted by molar-refractivity contribution is 0.354. The van der Waals surface area contributed by atoms with Crippen molar-refractivity contribution >= 4 is 11.4 Å². The van der Waals surface area contributed by atoms with Crippen LogP contribution in [0.5, 0.6) is 11.5 Å².